The lowest BCUT2D eigenvalue weighted by atomic mass is 10.0. The summed E-state index contributed by atoms with van der Waals surface area (Å²) < 4.78 is 14.4. The Kier molecular flexibility index (Phi) is 7.56. The van der Waals surface area contributed by atoms with Gasteiger partial charge in [-0.15, -0.1) is 0 Å². The second kappa shape index (κ2) is 10.3. The van der Waals surface area contributed by atoms with Gasteiger partial charge in [-0.3, -0.25) is 14.8 Å². The molecule has 0 unspecified atom stereocenters. The molecule has 1 amide bonds. The van der Waals surface area contributed by atoms with Crippen molar-refractivity contribution < 1.29 is 14.3 Å². The molecule has 2 heterocycles. The maximum absolute atomic E-state index is 14.4. The maximum atomic E-state index is 14.4. The van der Waals surface area contributed by atoms with E-state index in [1.54, 1.807) is 30.6 Å². The van der Waals surface area contributed by atoms with E-state index in [-0.39, 0.29) is 24.0 Å². The predicted molar refractivity (Wildman–Crippen MR) is 125 cm³/mol. The zero-order chi connectivity index (χ0) is 23.3. The number of halogens is 2. The van der Waals surface area contributed by atoms with Gasteiger partial charge in [-0.2, -0.15) is 0 Å². The fraction of sp³-hybridized carbons (Fsp3) is 0.208. The lowest BCUT2D eigenvalue weighted by molar-refractivity contribution is 0.0897. The predicted octanol–water partition coefficient (Wildman–Crippen LogP) is 5.07. The van der Waals surface area contributed by atoms with Crippen LogP contribution >= 0.6 is 11.6 Å². The third-order valence-corrected chi connectivity index (χ3v) is 5.25. The van der Waals surface area contributed by atoms with Gasteiger partial charge in [0.2, 0.25) is 0 Å². The molecule has 0 fully saturated rings. The molecule has 0 spiro atoms. The van der Waals surface area contributed by atoms with Gasteiger partial charge in [0, 0.05) is 40.4 Å². The molecule has 6 nitrogen and oxygen atoms in total. The van der Waals surface area contributed by atoms with Gasteiger partial charge >= 0.3 is 0 Å². The zero-order valence-corrected chi connectivity index (χ0v) is 18.5. The molecule has 0 saturated heterocycles. The Labute approximate surface area is 191 Å². The number of hydrogen-bond acceptors (Lipinski definition) is 5. The molecule has 3 rings (SSSR count). The Balaban J connectivity index is 1.98. The van der Waals surface area contributed by atoms with Crippen molar-refractivity contribution in [3.05, 3.63) is 77.5 Å². The minimum atomic E-state index is -0.452. The zero-order valence-electron chi connectivity index (χ0n) is 17.8. The number of benzene rings is 1. The molecule has 1 aromatic carbocycles. The van der Waals surface area contributed by atoms with Crippen LogP contribution in [0.25, 0.3) is 17.3 Å². The highest BCUT2D eigenvalue weighted by Gasteiger charge is 2.19. The van der Waals surface area contributed by atoms with Gasteiger partial charge in [0.05, 0.1) is 29.6 Å². The number of aliphatic hydroxyl groups excluding tert-OH is 1. The molecule has 3 aromatic rings. The molecular formula is C24H24ClFN4O2. The number of nitrogens with one attached hydrogen (secondary N) is 2. The van der Waals surface area contributed by atoms with Crippen LogP contribution < -0.4 is 10.6 Å². The van der Waals surface area contributed by atoms with Crippen LogP contribution in [0.1, 0.15) is 29.8 Å². The van der Waals surface area contributed by atoms with Gasteiger partial charge in [-0.05, 0) is 36.2 Å². The average molecular weight is 455 g/mol. The lowest BCUT2D eigenvalue weighted by Gasteiger charge is -2.21. The standard InChI is InChI=1S/C24H24ClFN4O2/c1-4-15-11-28-22(17-9-16(25)5-6-19(17)26)10-21(15)29-20-7-8-27-12-18(20)24(32)30-23(13-31)14(2)3/h4-12,14,23,31H,1,13H2,2-3H3,(H,30,32)(H,27,28,29)/t23-/m0/s1. The molecule has 3 N–H and O–H groups in total. The smallest absolute Gasteiger partial charge is 0.255 e. The quantitative estimate of drug-likeness (QED) is 0.442. The van der Waals surface area contributed by atoms with Crippen LogP contribution in [-0.2, 0) is 0 Å². The van der Waals surface area contributed by atoms with E-state index >= 15 is 0 Å². The van der Waals surface area contributed by atoms with Gasteiger partial charge in [-0.1, -0.05) is 38.1 Å². The lowest BCUT2D eigenvalue weighted by Crippen LogP contribution is -2.41. The molecule has 1 atom stereocenters. The number of anilines is 2. The molecule has 0 radical (unpaired) electrons. The van der Waals surface area contributed by atoms with Crippen molar-refractivity contribution in [1.29, 1.82) is 0 Å². The molecule has 2 aromatic heterocycles. The number of nitrogens with zero attached hydrogens (tertiary/aromatic N) is 2. The largest absolute Gasteiger partial charge is 0.394 e. The molecular weight excluding hydrogens is 431 g/mol. The number of hydrogen-bond donors (Lipinski definition) is 3. The van der Waals surface area contributed by atoms with Gasteiger partial charge in [-0.25, -0.2) is 4.39 Å². The van der Waals surface area contributed by atoms with E-state index in [1.165, 1.54) is 24.4 Å². The van der Waals surface area contributed by atoms with Crippen LogP contribution in [0, 0.1) is 11.7 Å². The highest BCUT2D eigenvalue weighted by atomic mass is 35.5. The molecule has 0 aliphatic heterocycles. The third kappa shape index (κ3) is 5.30. The average Bonchev–Trinajstić information content (AvgIpc) is 2.79. The van der Waals surface area contributed by atoms with Crippen molar-refractivity contribution in [2.45, 2.75) is 19.9 Å². The van der Waals surface area contributed by atoms with Crippen LogP contribution in [0.2, 0.25) is 5.02 Å². The van der Waals surface area contributed by atoms with Gasteiger partial charge in [0.25, 0.3) is 5.91 Å². The van der Waals surface area contributed by atoms with Crippen LogP contribution in [0.15, 0.2) is 55.5 Å². The van der Waals surface area contributed by atoms with Crippen molar-refractivity contribution in [3.63, 3.8) is 0 Å². The first-order valence-electron chi connectivity index (χ1n) is 10.0. The van der Waals surface area contributed by atoms with Crippen molar-refractivity contribution in [1.82, 2.24) is 15.3 Å². The van der Waals surface area contributed by atoms with E-state index < -0.39 is 11.9 Å². The summed E-state index contributed by atoms with van der Waals surface area (Å²) in [5, 5.41) is 16.0. The molecule has 32 heavy (non-hydrogen) atoms. The molecule has 0 bridgehead atoms. The van der Waals surface area contributed by atoms with Crippen molar-refractivity contribution in [2.75, 3.05) is 11.9 Å². The summed E-state index contributed by atoms with van der Waals surface area (Å²) in [6.45, 7) is 7.45. The summed E-state index contributed by atoms with van der Waals surface area (Å²) in [5.41, 5.74) is 2.66. The molecule has 166 valence electrons. The Morgan fingerprint density at radius 1 is 1.25 bits per heavy atom. The molecule has 8 heteroatoms. The third-order valence-electron chi connectivity index (χ3n) is 5.01. The summed E-state index contributed by atoms with van der Waals surface area (Å²) in [6.07, 6.45) is 6.16. The molecule has 0 aliphatic carbocycles. The van der Waals surface area contributed by atoms with Gasteiger partial charge in [0.15, 0.2) is 0 Å². The summed E-state index contributed by atoms with van der Waals surface area (Å²) in [7, 11) is 0. The highest BCUT2D eigenvalue weighted by molar-refractivity contribution is 6.30. The normalized spacial score (nSPS) is 11.8. The number of amides is 1. The van der Waals surface area contributed by atoms with Crippen LogP contribution in [0.3, 0.4) is 0 Å². The minimum Gasteiger partial charge on any atom is -0.394 e. The second-order valence-electron chi connectivity index (χ2n) is 7.54. The van der Waals surface area contributed by atoms with Gasteiger partial charge < -0.3 is 15.7 Å². The number of pyridine rings is 2. The number of carbonyl (C=O) groups is 1. The van der Waals surface area contributed by atoms with Crippen molar-refractivity contribution in [3.8, 4) is 11.3 Å². The Morgan fingerprint density at radius 2 is 2.03 bits per heavy atom. The second-order valence-corrected chi connectivity index (χ2v) is 7.97. The molecule has 0 aliphatic rings. The highest BCUT2D eigenvalue weighted by Crippen LogP contribution is 2.30. The summed E-state index contributed by atoms with van der Waals surface area (Å²) in [5.74, 6) is -0.768. The Hall–Kier alpha value is -3.29. The number of aliphatic hydroxyl groups is 1. The first kappa shape index (κ1) is 23.4. The topological polar surface area (TPSA) is 87.1 Å². The fourth-order valence-electron chi connectivity index (χ4n) is 3.08. The van der Waals surface area contributed by atoms with E-state index in [2.05, 4.69) is 27.2 Å². The number of carbonyl (C=O) groups excluding carboxylic acids is 1. The van der Waals surface area contributed by atoms with E-state index in [1.807, 2.05) is 13.8 Å². The monoisotopic (exact) mass is 454 g/mol. The van der Waals surface area contributed by atoms with Crippen LogP contribution in [0.5, 0.6) is 0 Å². The first-order valence-corrected chi connectivity index (χ1v) is 10.4. The van der Waals surface area contributed by atoms with Crippen LogP contribution in [0.4, 0.5) is 15.8 Å². The Bertz CT molecular complexity index is 1140. The van der Waals surface area contributed by atoms with E-state index in [4.69, 9.17) is 11.6 Å². The summed E-state index contributed by atoms with van der Waals surface area (Å²) in [4.78, 5) is 21.2. The van der Waals surface area contributed by atoms with E-state index in [0.29, 0.717) is 33.2 Å². The fourth-order valence-corrected chi connectivity index (χ4v) is 3.25. The minimum absolute atomic E-state index is 0.0553. The van der Waals surface area contributed by atoms with Gasteiger partial charge in [0.1, 0.15) is 5.82 Å². The van der Waals surface area contributed by atoms with E-state index in [0.717, 1.165) is 0 Å². The molecule has 0 saturated carbocycles. The maximum Gasteiger partial charge on any atom is 0.255 e. The summed E-state index contributed by atoms with van der Waals surface area (Å²) >= 11 is 6.03. The number of aromatic nitrogens is 2. The Morgan fingerprint density at radius 3 is 2.72 bits per heavy atom. The van der Waals surface area contributed by atoms with Crippen molar-refractivity contribution in [2.24, 2.45) is 5.92 Å². The SMILES string of the molecule is C=Cc1cnc(-c2cc(Cl)ccc2F)cc1Nc1ccncc1C(=O)N[C@@H](CO)C(C)C. The number of rotatable bonds is 8. The van der Waals surface area contributed by atoms with E-state index in [9.17, 15) is 14.3 Å². The first-order chi connectivity index (χ1) is 15.3. The van der Waals surface area contributed by atoms with Crippen LogP contribution in [-0.4, -0.2) is 33.6 Å². The summed E-state index contributed by atoms with van der Waals surface area (Å²) in [6, 6.07) is 7.19. The van der Waals surface area contributed by atoms with Crippen molar-refractivity contribution >= 4 is 35.0 Å².